The van der Waals surface area contributed by atoms with Crippen molar-refractivity contribution in [2.75, 3.05) is 13.7 Å². The van der Waals surface area contributed by atoms with Crippen molar-refractivity contribution in [3.8, 4) is 0 Å². The lowest BCUT2D eigenvalue weighted by molar-refractivity contribution is -0.151. The van der Waals surface area contributed by atoms with Crippen LogP contribution in [0, 0.1) is 5.92 Å². The van der Waals surface area contributed by atoms with E-state index in [0.29, 0.717) is 6.42 Å². The highest BCUT2D eigenvalue weighted by Gasteiger charge is 2.31. The van der Waals surface area contributed by atoms with Gasteiger partial charge in [0.25, 0.3) is 0 Å². The summed E-state index contributed by atoms with van der Waals surface area (Å²) in [6.07, 6.45) is 0.661. The number of hydrogen-bond acceptors (Lipinski definition) is 6. The first kappa shape index (κ1) is 17.4. The maximum Gasteiger partial charge on any atom is 0.332 e. The second-order valence-electron chi connectivity index (χ2n) is 4.12. The average Bonchev–Trinajstić information content (AvgIpc) is 2.42. The highest BCUT2D eigenvalue weighted by molar-refractivity contribution is 6.02. The van der Waals surface area contributed by atoms with Crippen molar-refractivity contribution in [1.82, 2.24) is 5.32 Å². The molecule has 0 spiro atoms. The van der Waals surface area contributed by atoms with Gasteiger partial charge in [0, 0.05) is 0 Å². The molecule has 7 nitrogen and oxygen atoms in total. The predicted molar refractivity (Wildman–Crippen MR) is 68.0 cm³/mol. The van der Waals surface area contributed by atoms with Gasteiger partial charge in [-0.3, -0.25) is 4.79 Å². The van der Waals surface area contributed by atoms with Crippen LogP contribution in [0.4, 0.5) is 0 Å². The molecule has 3 unspecified atom stereocenters. The van der Waals surface area contributed by atoms with E-state index in [2.05, 4.69) is 14.8 Å². The molecule has 0 aliphatic rings. The zero-order valence-electron chi connectivity index (χ0n) is 11.8. The molecule has 0 heterocycles. The van der Waals surface area contributed by atoms with Gasteiger partial charge in [-0.15, -0.1) is 0 Å². The molecule has 0 aromatic heterocycles. The van der Waals surface area contributed by atoms with Gasteiger partial charge in [0.15, 0.2) is 6.04 Å². The minimum Gasteiger partial charge on any atom is -0.467 e. The summed E-state index contributed by atoms with van der Waals surface area (Å²) in [4.78, 5) is 34.7. The molecule has 0 rings (SSSR count). The maximum absolute atomic E-state index is 11.8. The monoisotopic (exact) mass is 274 g/mol. The second-order valence-corrected chi connectivity index (χ2v) is 4.12. The molecule has 0 saturated heterocycles. The van der Waals surface area contributed by atoms with Gasteiger partial charge < -0.3 is 20.5 Å². The van der Waals surface area contributed by atoms with Crippen LogP contribution in [-0.2, 0) is 23.9 Å². The van der Waals surface area contributed by atoms with Gasteiger partial charge in [-0.1, -0.05) is 20.3 Å². The Morgan fingerprint density at radius 1 is 1.21 bits per heavy atom. The highest BCUT2D eigenvalue weighted by Crippen LogP contribution is 2.09. The number of carbonyl (C=O) groups excluding carboxylic acids is 3. The summed E-state index contributed by atoms with van der Waals surface area (Å²) in [7, 11) is 1.23. The van der Waals surface area contributed by atoms with E-state index in [9.17, 15) is 14.4 Å². The van der Waals surface area contributed by atoms with E-state index < -0.39 is 29.9 Å². The van der Waals surface area contributed by atoms with E-state index >= 15 is 0 Å². The van der Waals surface area contributed by atoms with Gasteiger partial charge in [-0.05, 0) is 12.8 Å². The van der Waals surface area contributed by atoms with Crippen molar-refractivity contribution in [2.24, 2.45) is 11.7 Å². The first-order valence-corrected chi connectivity index (χ1v) is 6.19. The first-order valence-electron chi connectivity index (χ1n) is 6.19. The normalized spacial score (nSPS) is 15.0. The van der Waals surface area contributed by atoms with Crippen LogP contribution >= 0.6 is 0 Å². The smallest absolute Gasteiger partial charge is 0.332 e. The molecule has 3 atom stereocenters. The standard InChI is InChI=1S/C12H22N2O5/c1-5-7(3)9(12(17)18-4)14-10(15)8(13)11(16)19-6-2/h7-9H,5-6,13H2,1-4H3,(H,14,15). The van der Waals surface area contributed by atoms with E-state index in [-0.39, 0.29) is 12.5 Å². The van der Waals surface area contributed by atoms with Gasteiger partial charge in [0.05, 0.1) is 13.7 Å². The molecule has 1 amide bonds. The molecule has 3 N–H and O–H groups in total. The Bertz CT molecular complexity index is 332. The number of ether oxygens (including phenoxy) is 2. The zero-order valence-corrected chi connectivity index (χ0v) is 11.8. The zero-order chi connectivity index (χ0) is 15.0. The SMILES string of the molecule is CCOC(=O)C(N)C(=O)NC(C(=O)OC)C(C)CC. The molecular formula is C12H22N2O5. The Kier molecular flexibility index (Phi) is 7.74. The van der Waals surface area contributed by atoms with Crippen molar-refractivity contribution >= 4 is 17.8 Å². The molecule has 0 aromatic carbocycles. The fourth-order valence-corrected chi connectivity index (χ4v) is 1.38. The molecule has 0 radical (unpaired) electrons. The summed E-state index contributed by atoms with van der Waals surface area (Å²) in [5.41, 5.74) is 5.44. The quantitative estimate of drug-likeness (QED) is 0.482. The van der Waals surface area contributed by atoms with Crippen LogP contribution in [0.2, 0.25) is 0 Å². The molecule has 0 aliphatic heterocycles. The van der Waals surface area contributed by atoms with Crippen LogP contribution in [0.5, 0.6) is 0 Å². The summed E-state index contributed by atoms with van der Waals surface area (Å²) >= 11 is 0. The Balaban J connectivity index is 4.71. The number of methoxy groups -OCH3 is 1. The minimum absolute atomic E-state index is 0.131. The fraction of sp³-hybridized carbons (Fsp3) is 0.750. The number of rotatable bonds is 7. The maximum atomic E-state index is 11.8. The van der Waals surface area contributed by atoms with Crippen molar-refractivity contribution in [3.05, 3.63) is 0 Å². The lowest BCUT2D eigenvalue weighted by Crippen LogP contribution is -2.54. The van der Waals surface area contributed by atoms with Gasteiger partial charge in [-0.25, -0.2) is 9.59 Å². The average molecular weight is 274 g/mol. The summed E-state index contributed by atoms with van der Waals surface area (Å²) in [6, 6.07) is -2.28. The third kappa shape index (κ3) is 5.25. The van der Waals surface area contributed by atoms with E-state index in [1.807, 2.05) is 6.92 Å². The first-order chi connectivity index (χ1) is 8.88. The summed E-state index contributed by atoms with van der Waals surface area (Å²) in [6.45, 7) is 5.40. The molecule has 0 aliphatic carbocycles. The number of hydrogen-bond donors (Lipinski definition) is 2. The lowest BCUT2D eigenvalue weighted by atomic mass is 9.99. The van der Waals surface area contributed by atoms with Crippen LogP contribution in [0.3, 0.4) is 0 Å². The summed E-state index contributed by atoms with van der Waals surface area (Å²) < 4.78 is 9.25. The van der Waals surface area contributed by atoms with Crippen molar-refractivity contribution in [3.63, 3.8) is 0 Å². The van der Waals surface area contributed by atoms with Crippen LogP contribution < -0.4 is 11.1 Å². The van der Waals surface area contributed by atoms with Gasteiger partial charge in [0.1, 0.15) is 6.04 Å². The van der Waals surface area contributed by atoms with Crippen molar-refractivity contribution in [2.45, 2.75) is 39.3 Å². The fourth-order valence-electron chi connectivity index (χ4n) is 1.38. The molecule has 7 heteroatoms. The van der Waals surface area contributed by atoms with E-state index in [4.69, 9.17) is 5.73 Å². The second kappa shape index (κ2) is 8.47. The highest BCUT2D eigenvalue weighted by atomic mass is 16.5. The molecular weight excluding hydrogens is 252 g/mol. The van der Waals surface area contributed by atoms with Crippen LogP contribution in [0.25, 0.3) is 0 Å². The summed E-state index contributed by atoms with van der Waals surface area (Å²) in [5, 5.41) is 2.42. The van der Waals surface area contributed by atoms with E-state index in [1.165, 1.54) is 7.11 Å². The largest absolute Gasteiger partial charge is 0.467 e. The van der Waals surface area contributed by atoms with E-state index in [1.54, 1.807) is 13.8 Å². The summed E-state index contributed by atoms with van der Waals surface area (Å²) in [5.74, 6) is -2.29. The number of carbonyl (C=O) groups is 3. The Morgan fingerprint density at radius 3 is 2.21 bits per heavy atom. The number of nitrogens with two attached hydrogens (primary N) is 1. The van der Waals surface area contributed by atoms with Crippen molar-refractivity contribution in [1.29, 1.82) is 0 Å². The molecule has 110 valence electrons. The lowest BCUT2D eigenvalue weighted by Gasteiger charge is -2.23. The van der Waals surface area contributed by atoms with Crippen molar-refractivity contribution < 1.29 is 23.9 Å². The Hall–Kier alpha value is -1.63. The molecule has 0 aromatic rings. The topological polar surface area (TPSA) is 108 Å². The molecule has 19 heavy (non-hydrogen) atoms. The van der Waals surface area contributed by atoms with Crippen LogP contribution in [0.15, 0.2) is 0 Å². The number of nitrogens with one attached hydrogen (secondary N) is 1. The van der Waals surface area contributed by atoms with Gasteiger partial charge in [-0.2, -0.15) is 0 Å². The third-order valence-electron chi connectivity index (χ3n) is 2.79. The van der Waals surface area contributed by atoms with Crippen LogP contribution in [0.1, 0.15) is 27.2 Å². The predicted octanol–water partition coefficient (Wildman–Crippen LogP) is -0.419. The molecule has 0 bridgehead atoms. The van der Waals surface area contributed by atoms with Crippen LogP contribution in [-0.4, -0.2) is 43.6 Å². The van der Waals surface area contributed by atoms with Gasteiger partial charge in [0.2, 0.25) is 5.91 Å². The third-order valence-corrected chi connectivity index (χ3v) is 2.79. The Morgan fingerprint density at radius 2 is 1.79 bits per heavy atom. The molecule has 0 fully saturated rings. The van der Waals surface area contributed by atoms with E-state index in [0.717, 1.165) is 0 Å². The number of amides is 1. The van der Waals surface area contributed by atoms with Gasteiger partial charge >= 0.3 is 11.9 Å². The number of esters is 2. The minimum atomic E-state index is -1.45. The molecule has 0 saturated carbocycles. The Labute approximate surface area is 112 Å².